The number of ether oxygens (including phenoxy) is 1. The number of carbonyl (C=O) groups is 2. The summed E-state index contributed by atoms with van der Waals surface area (Å²) in [6, 6.07) is 11.0. The van der Waals surface area contributed by atoms with Crippen molar-refractivity contribution in [2.75, 3.05) is 6.61 Å². The Balaban J connectivity index is 1.74. The Labute approximate surface area is 243 Å². The molecule has 0 aliphatic carbocycles. The first-order valence-electron chi connectivity index (χ1n) is 13.3. The van der Waals surface area contributed by atoms with E-state index in [9.17, 15) is 28.1 Å². The van der Waals surface area contributed by atoms with E-state index in [2.05, 4.69) is 9.97 Å². The van der Waals surface area contributed by atoms with Crippen molar-refractivity contribution in [3.63, 3.8) is 0 Å². The number of pyridine rings is 1. The monoisotopic (exact) mass is 593 g/mol. The number of rotatable bonds is 11. The van der Waals surface area contributed by atoms with Crippen molar-refractivity contribution in [1.82, 2.24) is 18.8 Å². The lowest BCUT2D eigenvalue weighted by Gasteiger charge is -2.30. The number of nitrogens with zero attached hydrogens (tertiary/aromatic N) is 5. The van der Waals surface area contributed by atoms with Crippen LogP contribution in [0.15, 0.2) is 71.9 Å². The van der Waals surface area contributed by atoms with Crippen molar-refractivity contribution >= 4 is 38.6 Å². The van der Waals surface area contributed by atoms with Gasteiger partial charge in [0.2, 0.25) is 0 Å². The second kappa shape index (κ2) is 12.5. The number of fused-ring (bicyclic) bond motifs is 1. The number of esters is 1. The predicted molar refractivity (Wildman–Crippen MR) is 154 cm³/mol. The van der Waals surface area contributed by atoms with E-state index in [1.54, 1.807) is 45.3 Å². The number of sulfonamides is 1. The third kappa shape index (κ3) is 6.30. The van der Waals surface area contributed by atoms with Crippen LogP contribution in [0.4, 0.5) is 5.69 Å². The van der Waals surface area contributed by atoms with Crippen molar-refractivity contribution in [2.24, 2.45) is 5.92 Å². The van der Waals surface area contributed by atoms with Gasteiger partial charge in [0.25, 0.3) is 21.6 Å². The third-order valence-corrected chi connectivity index (χ3v) is 8.43. The lowest BCUT2D eigenvalue weighted by atomic mass is 10.0. The number of nitro groups is 1. The Bertz CT molecular complexity index is 1720. The number of non-ortho nitro benzene ring substituents is 1. The largest absolute Gasteiger partial charge is 0.464 e. The van der Waals surface area contributed by atoms with E-state index in [1.165, 1.54) is 12.1 Å². The number of hydrogen-bond donors (Lipinski definition) is 0. The minimum Gasteiger partial charge on any atom is -0.464 e. The zero-order valence-electron chi connectivity index (χ0n) is 23.6. The van der Waals surface area contributed by atoms with Gasteiger partial charge in [-0.25, -0.2) is 22.5 Å². The highest BCUT2D eigenvalue weighted by atomic mass is 32.2. The number of aromatic nitrogens is 3. The summed E-state index contributed by atoms with van der Waals surface area (Å²) < 4.78 is 35.9. The van der Waals surface area contributed by atoms with Gasteiger partial charge >= 0.3 is 5.97 Å². The maximum Gasteiger partial charge on any atom is 0.330 e. The second-order valence-corrected chi connectivity index (χ2v) is 11.9. The zero-order valence-corrected chi connectivity index (χ0v) is 24.4. The van der Waals surface area contributed by atoms with Gasteiger partial charge in [-0.1, -0.05) is 26.0 Å². The van der Waals surface area contributed by atoms with Crippen LogP contribution in [-0.4, -0.2) is 56.7 Å². The van der Waals surface area contributed by atoms with Gasteiger partial charge in [-0.2, -0.15) is 0 Å². The minimum absolute atomic E-state index is 0.0106. The summed E-state index contributed by atoms with van der Waals surface area (Å²) in [5.41, 5.74) is 2.01. The maximum atomic E-state index is 14.1. The summed E-state index contributed by atoms with van der Waals surface area (Å²) in [7, 11) is -4.58. The predicted octanol–water partition coefficient (Wildman–Crippen LogP) is 4.51. The number of benzene rings is 2. The smallest absolute Gasteiger partial charge is 0.330 e. The van der Waals surface area contributed by atoms with Crippen molar-refractivity contribution in [3.8, 4) is 0 Å². The zero-order chi connectivity index (χ0) is 30.6. The quantitative estimate of drug-likeness (QED) is 0.139. The molecule has 42 heavy (non-hydrogen) atoms. The lowest BCUT2D eigenvalue weighted by Crippen LogP contribution is -2.49. The van der Waals surface area contributed by atoms with Gasteiger partial charge in [-0.3, -0.25) is 19.9 Å². The van der Waals surface area contributed by atoms with Gasteiger partial charge in [-0.15, -0.1) is 0 Å². The van der Waals surface area contributed by atoms with E-state index in [0.717, 1.165) is 46.7 Å². The summed E-state index contributed by atoms with van der Waals surface area (Å²) >= 11 is 0. The molecule has 4 rings (SSSR count). The van der Waals surface area contributed by atoms with Gasteiger partial charge in [0.15, 0.2) is 0 Å². The highest BCUT2D eigenvalue weighted by molar-refractivity contribution is 7.89. The number of hydrogen-bond acceptors (Lipinski definition) is 9. The van der Waals surface area contributed by atoms with Crippen LogP contribution in [0.5, 0.6) is 0 Å². The van der Waals surface area contributed by atoms with E-state index in [1.807, 2.05) is 17.6 Å². The van der Waals surface area contributed by atoms with E-state index in [0.29, 0.717) is 10.8 Å². The van der Waals surface area contributed by atoms with E-state index < -0.39 is 32.9 Å². The first kappa shape index (κ1) is 30.3. The molecule has 0 aliphatic heterocycles. The molecular formula is C29H31N5O7S. The molecule has 2 aromatic carbocycles. The molecule has 0 saturated heterocycles. The Morgan fingerprint density at radius 1 is 1.07 bits per heavy atom. The van der Waals surface area contributed by atoms with Crippen LogP contribution in [0.1, 0.15) is 48.9 Å². The summed E-state index contributed by atoms with van der Waals surface area (Å²) in [6.07, 6.45) is 3.35. The Hall–Kier alpha value is -4.65. The van der Waals surface area contributed by atoms with Crippen molar-refractivity contribution < 1.29 is 27.7 Å². The van der Waals surface area contributed by atoms with Gasteiger partial charge in [0, 0.05) is 30.4 Å². The molecule has 0 unspecified atom stereocenters. The second-order valence-electron chi connectivity index (χ2n) is 10.1. The summed E-state index contributed by atoms with van der Waals surface area (Å²) in [6.45, 7) is 7.43. The summed E-state index contributed by atoms with van der Waals surface area (Å²) in [5, 5.41) is 11.1. The molecule has 220 valence electrons. The average molecular weight is 594 g/mol. The summed E-state index contributed by atoms with van der Waals surface area (Å²) in [5.74, 6) is -1.27. The fourth-order valence-corrected chi connectivity index (χ4v) is 6.15. The molecule has 0 fully saturated rings. The molecule has 4 aromatic rings. The van der Waals surface area contributed by atoms with Gasteiger partial charge in [0.1, 0.15) is 17.4 Å². The Kier molecular flexibility index (Phi) is 9.00. The fourth-order valence-electron chi connectivity index (χ4n) is 4.61. The van der Waals surface area contributed by atoms with Crippen LogP contribution in [-0.2, 0) is 26.1 Å². The molecule has 0 spiro atoms. The molecule has 13 heteroatoms. The molecule has 2 heterocycles. The minimum atomic E-state index is -4.58. The molecule has 12 nitrogen and oxygen atoms in total. The van der Waals surface area contributed by atoms with Crippen LogP contribution < -0.4 is 0 Å². The van der Waals surface area contributed by atoms with E-state index in [4.69, 9.17) is 4.74 Å². The molecule has 0 N–H and O–H groups in total. The van der Waals surface area contributed by atoms with Gasteiger partial charge in [0.05, 0.1) is 28.1 Å². The molecule has 2 aromatic heterocycles. The Morgan fingerprint density at radius 3 is 2.33 bits per heavy atom. The topological polar surface area (TPSA) is 155 Å². The van der Waals surface area contributed by atoms with Crippen LogP contribution in [0, 0.1) is 23.0 Å². The molecule has 0 aliphatic rings. The molecule has 0 bridgehead atoms. The van der Waals surface area contributed by atoms with E-state index >= 15 is 0 Å². The maximum absolute atomic E-state index is 14.1. The molecular weight excluding hydrogens is 562 g/mol. The van der Waals surface area contributed by atoms with Crippen LogP contribution >= 0.6 is 0 Å². The highest BCUT2D eigenvalue weighted by Gasteiger charge is 2.41. The molecule has 1 atom stereocenters. The molecule has 0 saturated carbocycles. The van der Waals surface area contributed by atoms with Gasteiger partial charge in [-0.05, 0) is 62.1 Å². The lowest BCUT2D eigenvalue weighted by molar-refractivity contribution is -0.384. The fraction of sp³-hybridized carbons (Fsp3) is 0.310. The summed E-state index contributed by atoms with van der Waals surface area (Å²) in [4.78, 5) is 45.7. The number of nitro benzene ring substituents is 1. The number of amides is 1. The standard InChI is InChI=1S/C29H31N5O7S/c1-5-41-29(36)27(16-19(2)3)33(28(35)22-8-10-23(11-9-22)34(37)38)42(39,40)24-12-6-21(7-13-24)18-32-20(4)31-25-17-30-15-14-26(25)32/h6-15,17,19,27H,5,16,18H2,1-4H3/t27-/m0/s1. The average Bonchev–Trinajstić information content (AvgIpc) is 3.27. The highest BCUT2D eigenvalue weighted by Crippen LogP contribution is 2.27. The SMILES string of the molecule is CCOC(=O)[C@H](CC(C)C)N(C(=O)c1ccc([N+](=O)[O-])cc1)S(=O)(=O)c1ccc(Cn2c(C)nc3cnccc32)cc1. The van der Waals surface area contributed by atoms with Crippen molar-refractivity contribution in [2.45, 2.75) is 51.6 Å². The Morgan fingerprint density at radius 2 is 1.74 bits per heavy atom. The van der Waals surface area contributed by atoms with Crippen molar-refractivity contribution in [1.29, 1.82) is 0 Å². The normalized spacial score (nSPS) is 12.3. The third-order valence-electron chi connectivity index (χ3n) is 6.62. The first-order chi connectivity index (χ1) is 19.9. The van der Waals surface area contributed by atoms with Gasteiger partial charge < -0.3 is 9.30 Å². The molecule has 1 amide bonds. The van der Waals surface area contributed by atoms with Crippen LogP contribution in [0.25, 0.3) is 11.0 Å². The van der Waals surface area contributed by atoms with Crippen LogP contribution in [0.3, 0.4) is 0 Å². The number of aryl methyl sites for hydroxylation is 1. The van der Waals surface area contributed by atoms with Crippen LogP contribution in [0.2, 0.25) is 0 Å². The molecule has 0 radical (unpaired) electrons. The number of carbonyl (C=O) groups excluding carboxylic acids is 2. The van der Waals surface area contributed by atoms with E-state index in [-0.39, 0.29) is 35.1 Å². The first-order valence-corrected chi connectivity index (χ1v) is 14.7. The number of imidazole rings is 1. The van der Waals surface area contributed by atoms with Crippen molar-refractivity contribution in [3.05, 3.63) is 94.1 Å².